The molecular weight excluding hydrogens is 378 g/mol. The number of amides is 2. The van der Waals surface area contributed by atoms with Crippen LogP contribution in [0.4, 0.5) is 14.5 Å². The van der Waals surface area contributed by atoms with Crippen molar-refractivity contribution in [2.75, 3.05) is 25.1 Å². The number of carbonyl (C=O) groups excluding carboxylic acids is 2. The van der Waals surface area contributed by atoms with Gasteiger partial charge in [0.15, 0.2) is 0 Å². The molecule has 2 amide bonds. The summed E-state index contributed by atoms with van der Waals surface area (Å²) in [5, 5.41) is 8.98. The molecule has 1 N–H and O–H groups in total. The molecule has 2 aromatic carbocycles. The van der Waals surface area contributed by atoms with Gasteiger partial charge in [-0.1, -0.05) is 23.7 Å². The highest BCUT2D eigenvalue weighted by Gasteiger charge is 2.41. The van der Waals surface area contributed by atoms with Gasteiger partial charge in [-0.3, -0.25) is 9.59 Å². The Morgan fingerprint density at radius 3 is 2.33 bits per heavy atom. The number of rotatable bonds is 5. The summed E-state index contributed by atoms with van der Waals surface area (Å²) in [4.78, 5) is 28.4. The lowest BCUT2D eigenvalue weighted by molar-refractivity contribution is -0.120. The molecule has 1 aliphatic heterocycles. The van der Waals surface area contributed by atoms with Crippen LogP contribution >= 0.6 is 11.6 Å². The van der Waals surface area contributed by atoms with Crippen molar-refractivity contribution in [1.82, 2.24) is 4.90 Å². The number of hydrogen-bond acceptors (Lipinski definition) is 4. The summed E-state index contributed by atoms with van der Waals surface area (Å²) >= 11 is 5.78. The Kier molecular flexibility index (Phi) is 5.25. The number of aliphatic hydroxyl groups is 1. The van der Waals surface area contributed by atoms with Crippen molar-refractivity contribution in [1.29, 1.82) is 0 Å². The third-order valence-corrected chi connectivity index (χ3v) is 4.46. The van der Waals surface area contributed by atoms with E-state index in [9.17, 15) is 23.5 Å². The highest BCUT2D eigenvalue weighted by molar-refractivity contribution is 6.45. The summed E-state index contributed by atoms with van der Waals surface area (Å²) in [6.45, 7) is -0.127. The second-order valence-corrected chi connectivity index (χ2v) is 6.33. The third-order valence-electron chi connectivity index (χ3n) is 4.17. The molecule has 140 valence electrons. The zero-order chi connectivity index (χ0) is 19.7. The highest BCUT2D eigenvalue weighted by atomic mass is 35.5. The van der Waals surface area contributed by atoms with Crippen LogP contribution < -0.4 is 4.90 Å². The van der Waals surface area contributed by atoms with Gasteiger partial charge in [0.05, 0.1) is 22.9 Å². The first-order chi connectivity index (χ1) is 12.8. The monoisotopic (exact) mass is 392 g/mol. The SMILES string of the molecule is CN(CCO)C1=C(c2ccc(F)cc2)C(=O)N(c2ccc(F)c(Cl)c2)C1=O. The van der Waals surface area contributed by atoms with Crippen molar-refractivity contribution in [2.24, 2.45) is 0 Å². The van der Waals surface area contributed by atoms with Gasteiger partial charge >= 0.3 is 0 Å². The number of halogens is 3. The standard InChI is InChI=1S/C19H15ClF2N2O3/c1-23(8-9-25)17-16(11-2-4-12(21)5-3-11)18(26)24(19(17)27)13-6-7-15(22)14(20)10-13/h2-7,10,25H,8-9H2,1H3. The highest BCUT2D eigenvalue weighted by Crippen LogP contribution is 2.35. The van der Waals surface area contributed by atoms with E-state index in [1.807, 2.05) is 0 Å². The van der Waals surface area contributed by atoms with Gasteiger partial charge in [-0.15, -0.1) is 0 Å². The Labute approximate surface area is 159 Å². The molecule has 0 atom stereocenters. The quantitative estimate of drug-likeness (QED) is 0.795. The van der Waals surface area contributed by atoms with Gasteiger partial charge < -0.3 is 10.0 Å². The normalized spacial score (nSPS) is 14.3. The van der Waals surface area contributed by atoms with E-state index >= 15 is 0 Å². The molecule has 0 bridgehead atoms. The van der Waals surface area contributed by atoms with Crippen LogP contribution in [0, 0.1) is 11.6 Å². The fraction of sp³-hybridized carbons (Fsp3) is 0.158. The molecule has 3 rings (SSSR count). The maximum absolute atomic E-state index is 13.5. The number of benzene rings is 2. The fourth-order valence-electron chi connectivity index (χ4n) is 2.87. The van der Waals surface area contributed by atoms with Crippen LogP contribution in [0.3, 0.4) is 0 Å². The lowest BCUT2D eigenvalue weighted by Gasteiger charge is -2.20. The summed E-state index contributed by atoms with van der Waals surface area (Å²) in [5.74, 6) is -2.44. The van der Waals surface area contributed by atoms with Crippen molar-refractivity contribution in [2.45, 2.75) is 0 Å². The number of imide groups is 1. The fourth-order valence-corrected chi connectivity index (χ4v) is 3.04. The summed E-state index contributed by atoms with van der Waals surface area (Å²) in [6, 6.07) is 8.67. The number of anilines is 1. The predicted octanol–water partition coefficient (Wildman–Crippen LogP) is 2.83. The molecule has 0 unspecified atom stereocenters. The van der Waals surface area contributed by atoms with Gasteiger partial charge in [0.2, 0.25) is 0 Å². The molecule has 1 aliphatic rings. The van der Waals surface area contributed by atoms with E-state index in [-0.39, 0.29) is 35.1 Å². The molecule has 0 saturated heterocycles. The zero-order valence-electron chi connectivity index (χ0n) is 14.2. The molecule has 0 fully saturated rings. The van der Waals surface area contributed by atoms with Gasteiger partial charge in [0.1, 0.15) is 17.3 Å². The van der Waals surface area contributed by atoms with E-state index in [0.29, 0.717) is 5.56 Å². The number of hydrogen-bond donors (Lipinski definition) is 1. The van der Waals surface area contributed by atoms with Crippen LogP contribution in [0.25, 0.3) is 5.57 Å². The van der Waals surface area contributed by atoms with Gasteiger partial charge in [0, 0.05) is 13.6 Å². The van der Waals surface area contributed by atoms with Crippen molar-refractivity contribution in [3.05, 3.63) is 70.4 Å². The van der Waals surface area contributed by atoms with Crippen molar-refractivity contribution in [3.8, 4) is 0 Å². The maximum atomic E-state index is 13.5. The van der Waals surface area contributed by atoms with Gasteiger partial charge in [-0.25, -0.2) is 13.7 Å². The van der Waals surface area contributed by atoms with E-state index in [1.54, 1.807) is 7.05 Å². The van der Waals surface area contributed by atoms with Crippen LogP contribution in [0.5, 0.6) is 0 Å². The summed E-state index contributed by atoms with van der Waals surface area (Å²) in [5.41, 5.74) is 0.589. The van der Waals surface area contributed by atoms with E-state index in [1.165, 1.54) is 41.3 Å². The first kappa shape index (κ1) is 19.0. The second kappa shape index (κ2) is 7.46. The molecule has 0 radical (unpaired) electrons. The Morgan fingerprint density at radius 1 is 1.07 bits per heavy atom. The molecule has 8 heteroatoms. The number of likely N-dealkylation sites (N-methyl/N-ethyl adjacent to an activating group) is 1. The Bertz CT molecular complexity index is 944. The molecular formula is C19H15ClF2N2O3. The minimum atomic E-state index is -0.677. The molecule has 0 spiro atoms. The minimum absolute atomic E-state index is 0.0566. The Morgan fingerprint density at radius 2 is 1.74 bits per heavy atom. The van der Waals surface area contributed by atoms with E-state index in [4.69, 9.17) is 11.6 Å². The van der Waals surface area contributed by atoms with Gasteiger partial charge in [-0.05, 0) is 35.9 Å². The average Bonchev–Trinajstić information content (AvgIpc) is 2.89. The van der Waals surface area contributed by atoms with Crippen molar-refractivity contribution >= 4 is 34.7 Å². The first-order valence-corrected chi connectivity index (χ1v) is 8.39. The zero-order valence-corrected chi connectivity index (χ0v) is 15.0. The molecule has 1 heterocycles. The van der Waals surface area contributed by atoms with Crippen LogP contribution in [0.15, 0.2) is 48.2 Å². The molecule has 0 saturated carbocycles. The second-order valence-electron chi connectivity index (χ2n) is 5.92. The molecule has 27 heavy (non-hydrogen) atoms. The summed E-state index contributed by atoms with van der Waals surface area (Å²) in [6.07, 6.45) is 0. The molecule has 0 aromatic heterocycles. The van der Waals surface area contributed by atoms with Gasteiger partial charge in [-0.2, -0.15) is 0 Å². The maximum Gasteiger partial charge on any atom is 0.282 e. The van der Waals surface area contributed by atoms with Crippen LogP contribution in [-0.2, 0) is 9.59 Å². The van der Waals surface area contributed by atoms with Crippen LogP contribution in [0.1, 0.15) is 5.56 Å². The van der Waals surface area contributed by atoms with E-state index in [0.717, 1.165) is 11.0 Å². The molecule has 5 nitrogen and oxygen atoms in total. The number of aliphatic hydroxyl groups excluding tert-OH is 1. The Balaban J connectivity index is 2.13. The minimum Gasteiger partial charge on any atom is -0.395 e. The van der Waals surface area contributed by atoms with E-state index < -0.39 is 23.4 Å². The van der Waals surface area contributed by atoms with E-state index in [2.05, 4.69) is 0 Å². The molecule has 2 aromatic rings. The summed E-state index contributed by atoms with van der Waals surface area (Å²) in [7, 11) is 1.56. The predicted molar refractivity (Wildman–Crippen MR) is 96.9 cm³/mol. The van der Waals surface area contributed by atoms with Crippen molar-refractivity contribution < 1.29 is 23.5 Å². The number of carbonyl (C=O) groups is 2. The van der Waals surface area contributed by atoms with Crippen LogP contribution in [0.2, 0.25) is 5.02 Å². The lowest BCUT2D eigenvalue weighted by Crippen LogP contribution is -2.34. The third kappa shape index (κ3) is 3.43. The van der Waals surface area contributed by atoms with Gasteiger partial charge in [0.25, 0.3) is 11.8 Å². The molecule has 0 aliphatic carbocycles. The lowest BCUT2D eigenvalue weighted by atomic mass is 10.0. The number of nitrogens with zero attached hydrogens (tertiary/aromatic N) is 2. The summed E-state index contributed by atoms with van der Waals surface area (Å²) < 4.78 is 26.7. The van der Waals surface area contributed by atoms with Crippen molar-refractivity contribution in [3.63, 3.8) is 0 Å². The smallest absolute Gasteiger partial charge is 0.282 e. The Hall–Kier alpha value is -2.77. The average molecular weight is 393 g/mol. The van der Waals surface area contributed by atoms with Crippen LogP contribution in [-0.4, -0.2) is 42.0 Å². The largest absolute Gasteiger partial charge is 0.395 e. The first-order valence-electron chi connectivity index (χ1n) is 8.01. The topological polar surface area (TPSA) is 60.9 Å².